The van der Waals surface area contributed by atoms with Crippen molar-refractivity contribution in [2.24, 2.45) is 5.92 Å². The number of rotatable bonds is 4. The van der Waals surface area contributed by atoms with E-state index in [0.29, 0.717) is 19.5 Å². The van der Waals surface area contributed by atoms with Gasteiger partial charge in [0.1, 0.15) is 0 Å². The van der Waals surface area contributed by atoms with Crippen LogP contribution in [0.5, 0.6) is 0 Å². The average Bonchev–Trinajstić information content (AvgIpc) is 3.19. The number of hydrogen-bond donors (Lipinski definition) is 1. The zero-order valence-electron chi connectivity index (χ0n) is 12.1. The molecular weight excluding hydrogens is 288 g/mol. The second kappa shape index (κ2) is 5.42. The molecule has 1 atom stereocenters. The molecule has 1 amide bonds. The zero-order chi connectivity index (χ0) is 15.0. The lowest BCUT2D eigenvalue weighted by Crippen LogP contribution is -2.38. The Morgan fingerprint density at radius 3 is 2.48 bits per heavy atom. The number of nitrogens with one attached hydrogen (secondary N) is 1. The molecular formula is C15H20N2O3S. The highest BCUT2D eigenvalue weighted by Gasteiger charge is 2.37. The summed E-state index contributed by atoms with van der Waals surface area (Å²) in [7, 11) is -3.50. The first-order valence-electron chi connectivity index (χ1n) is 7.33. The van der Waals surface area contributed by atoms with E-state index in [4.69, 9.17) is 0 Å². The van der Waals surface area contributed by atoms with Gasteiger partial charge >= 0.3 is 0 Å². The molecule has 114 valence electrons. The molecule has 3 rings (SSSR count). The largest absolute Gasteiger partial charge is 0.341 e. The third kappa shape index (κ3) is 3.27. The van der Waals surface area contributed by atoms with Crippen molar-refractivity contribution in [3.05, 3.63) is 29.8 Å². The second-order valence-corrected chi connectivity index (χ2v) is 7.69. The molecule has 1 aromatic rings. The molecule has 0 radical (unpaired) electrons. The molecule has 1 aliphatic heterocycles. The Bertz CT molecular complexity index is 635. The maximum absolute atomic E-state index is 12.3. The zero-order valence-corrected chi connectivity index (χ0v) is 12.9. The summed E-state index contributed by atoms with van der Waals surface area (Å²) in [5, 5.41) is 0. The lowest BCUT2D eigenvalue weighted by Gasteiger charge is -2.17. The molecule has 1 aliphatic carbocycles. The van der Waals surface area contributed by atoms with Gasteiger partial charge in [-0.3, -0.25) is 4.79 Å². The molecule has 5 nitrogen and oxygen atoms in total. The van der Waals surface area contributed by atoms with Crippen molar-refractivity contribution in [2.45, 2.75) is 37.1 Å². The molecule has 21 heavy (non-hydrogen) atoms. The quantitative estimate of drug-likeness (QED) is 0.911. The first kappa shape index (κ1) is 14.5. The topological polar surface area (TPSA) is 66.5 Å². The van der Waals surface area contributed by atoms with E-state index in [1.165, 1.54) is 0 Å². The molecule has 2 aliphatic rings. The fourth-order valence-electron chi connectivity index (χ4n) is 2.65. The number of carbonyl (C=O) groups is 1. The Kier molecular flexibility index (Phi) is 3.75. The molecule has 0 aromatic heterocycles. The summed E-state index contributed by atoms with van der Waals surface area (Å²) in [5.41, 5.74) is 1.02. The van der Waals surface area contributed by atoms with E-state index in [2.05, 4.69) is 4.72 Å². The number of sulfonamides is 1. The number of aryl methyl sites for hydroxylation is 1. The van der Waals surface area contributed by atoms with Gasteiger partial charge in [0.2, 0.25) is 15.9 Å². The highest BCUT2D eigenvalue weighted by atomic mass is 32.2. The number of hydrogen-bond acceptors (Lipinski definition) is 3. The second-order valence-electron chi connectivity index (χ2n) is 5.98. The lowest BCUT2D eigenvalue weighted by atomic mass is 10.2. The van der Waals surface area contributed by atoms with Crippen molar-refractivity contribution in [3.8, 4) is 0 Å². The van der Waals surface area contributed by atoms with Crippen LogP contribution in [0, 0.1) is 12.8 Å². The minimum atomic E-state index is -3.50. The number of carbonyl (C=O) groups excluding carboxylic acids is 1. The van der Waals surface area contributed by atoms with Crippen molar-refractivity contribution in [3.63, 3.8) is 0 Å². The summed E-state index contributed by atoms with van der Waals surface area (Å²) in [6, 6.07) is 6.61. The Morgan fingerprint density at radius 2 is 1.86 bits per heavy atom. The molecule has 6 heteroatoms. The molecule has 1 unspecified atom stereocenters. The fraction of sp³-hybridized carbons (Fsp3) is 0.533. The molecule has 1 heterocycles. The standard InChI is InChI=1S/C15H20N2O3S/c1-11-2-6-14(7-3-11)21(19,20)16-13-8-9-17(10-13)15(18)12-4-5-12/h2-3,6-7,12-13,16H,4-5,8-10H2,1H3. The first-order chi connectivity index (χ1) is 9.95. The van der Waals surface area contributed by atoms with Crippen LogP contribution >= 0.6 is 0 Å². The van der Waals surface area contributed by atoms with Gasteiger partial charge in [0.05, 0.1) is 4.90 Å². The third-order valence-corrected chi connectivity index (χ3v) is 5.62. The average molecular weight is 308 g/mol. The van der Waals surface area contributed by atoms with Crippen molar-refractivity contribution in [1.82, 2.24) is 9.62 Å². The predicted octanol–water partition coefficient (Wildman–Crippen LogP) is 1.28. The lowest BCUT2D eigenvalue weighted by molar-refractivity contribution is -0.131. The molecule has 0 spiro atoms. The van der Waals surface area contributed by atoms with Crippen LogP contribution in [0.3, 0.4) is 0 Å². The molecule has 2 fully saturated rings. The minimum absolute atomic E-state index is 0.181. The van der Waals surface area contributed by atoms with Gasteiger partial charge in [-0.2, -0.15) is 0 Å². The van der Waals surface area contributed by atoms with Crippen molar-refractivity contribution in [1.29, 1.82) is 0 Å². The fourth-order valence-corrected chi connectivity index (χ4v) is 3.91. The van der Waals surface area contributed by atoms with E-state index in [1.807, 2.05) is 6.92 Å². The van der Waals surface area contributed by atoms with Gasteiger partial charge in [0.25, 0.3) is 0 Å². The van der Waals surface area contributed by atoms with Crippen LogP contribution in [0.25, 0.3) is 0 Å². The van der Waals surface area contributed by atoms with Crippen molar-refractivity contribution < 1.29 is 13.2 Å². The van der Waals surface area contributed by atoms with Gasteiger partial charge in [-0.15, -0.1) is 0 Å². The summed E-state index contributed by atoms with van der Waals surface area (Å²) in [6.07, 6.45) is 2.65. The van der Waals surface area contributed by atoms with E-state index in [9.17, 15) is 13.2 Å². The van der Waals surface area contributed by atoms with E-state index in [1.54, 1.807) is 29.2 Å². The monoisotopic (exact) mass is 308 g/mol. The van der Waals surface area contributed by atoms with Crippen LogP contribution in [0.1, 0.15) is 24.8 Å². The first-order valence-corrected chi connectivity index (χ1v) is 8.82. The van der Waals surface area contributed by atoms with Crippen LogP contribution in [0.15, 0.2) is 29.2 Å². The Hall–Kier alpha value is -1.40. The Morgan fingerprint density at radius 1 is 1.19 bits per heavy atom. The summed E-state index contributed by atoms with van der Waals surface area (Å²) < 4.78 is 27.3. The van der Waals surface area contributed by atoms with E-state index < -0.39 is 10.0 Å². The number of amides is 1. The van der Waals surface area contributed by atoms with Gasteiger partial charge in [-0.25, -0.2) is 13.1 Å². The molecule has 1 aromatic carbocycles. The molecule has 1 saturated carbocycles. The van der Waals surface area contributed by atoms with Crippen molar-refractivity contribution >= 4 is 15.9 Å². The summed E-state index contributed by atoms with van der Waals surface area (Å²) >= 11 is 0. The molecule has 1 saturated heterocycles. The summed E-state index contributed by atoms with van der Waals surface area (Å²) in [5.74, 6) is 0.379. The summed E-state index contributed by atoms with van der Waals surface area (Å²) in [4.78, 5) is 14.0. The SMILES string of the molecule is Cc1ccc(S(=O)(=O)NC2CCN(C(=O)C3CC3)C2)cc1. The van der Waals surface area contributed by atoms with Gasteiger partial charge in [0, 0.05) is 25.0 Å². The number of nitrogens with zero attached hydrogens (tertiary/aromatic N) is 1. The van der Waals surface area contributed by atoms with Crippen molar-refractivity contribution in [2.75, 3.05) is 13.1 Å². The van der Waals surface area contributed by atoms with E-state index in [0.717, 1.165) is 18.4 Å². The van der Waals surface area contributed by atoms with Gasteiger partial charge in [-0.1, -0.05) is 17.7 Å². The van der Waals surface area contributed by atoms with E-state index in [-0.39, 0.29) is 22.8 Å². The number of likely N-dealkylation sites (tertiary alicyclic amines) is 1. The van der Waals surface area contributed by atoms with Crippen LogP contribution in [-0.4, -0.2) is 38.4 Å². The Balaban J connectivity index is 1.63. The van der Waals surface area contributed by atoms with Crippen LogP contribution < -0.4 is 4.72 Å². The third-order valence-electron chi connectivity index (χ3n) is 4.08. The maximum atomic E-state index is 12.3. The maximum Gasteiger partial charge on any atom is 0.240 e. The number of benzene rings is 1. The summed E-state index contributed by atoms with van der Waals surface area (Å²) in [6.45, 7) is 3.05. The van der Waals surface area contributed by atoms with Crippen LogP contribution in [0.2, 0.25) is 0 Å². The Labute approximate surface area is 125 Å². The van der Waals surface area contributed by atoms with Gasteiger partial charge in [-0.05, 0) is 38.3 Å². The van der Waals surface area contributed by atoms with E-state index >= 15 is 0 Å². The van der Waals surface area contributed by atoms with Gasteiger partial charge in [0.15, 0.2) is 0 Å². The highest BCUT2D eigenvalue weighted by molar-refractivity contribution is 7.89. The van der Waals surface area contributed by atoms with Crippen LogP contribution in [-0.2, 0) is 14.8 Å². The predicted molar refractivity (Wildman–Crippen MR) is 79.2 cm³/mol. The van der Waals surface area contributed by atoms with Gasteiger partial charge < -0.3 is 4.90 Å². The van der Waals surface area contributed by atoms with Crippen LogP contribution in [0.4, 0.5) is 0 Å². The highest BCUT2D eigenvalue weighted by Crippen LogP contribution is 2.32. The molecule has 0 bridgehead atoms. The molecule has 1 N–H and O–H groups in total. The normalized spacial score (nSPS) is 22.5. The minimum Gasteiger partial charge on any atom is -0.341 e. The smallest absolute Gasteiger partial charge is 0.240 e.